The van der Waals surface area contributed by atoms with Gasteiger partial charge in [-0.2, -0.15) is 13.2 Å². The molecule has 49 heavy (non-hydrogen) atoms. The number of nitrogens with two attached hydrogens (primary N) is 1. The zero-order valence-electron chi connectivity index (χ0n) is 28.5. The number of aliphatic carboxylic acids is 1. The lowest BCUT2D eigenvalue weighted by atomic mass is 9.44. The minimum Gasteiger partial charge on any atom is -0.475 e. The molecule has 3 fully saturated rings. The predicted octanol–water partition coefficient (Wildman–Crippen LogP) is 4.12. The molecule has 11 nitrogen and oxygen atoms in total. The zero-order chi connectivity index (χ0) is 37.5. The standard InChI is InChI=1S/C32H46FNO8.C2HF3O2/c1-7-8-9-24(37)42-32(26(38)28(40)41-27(39)25(34)17(2)3)18(4)14-22-21-11-10-19-15-20(35)12-13-29(19,5)31(21,33)23(36)16-30(22,32)6;3-2(4,5)1(6)7/h12-13,15,17-18,21-23,25,28,36,40H,7-11,14,16,34H2,1-6H3;(H,6,7)/t18-,21-,22-,23-,25-,28?,29-,30-,31-,32-;/m0./s1. The van der Waals surface area contributed by atoms with Crippen molar-refractivity contribution in [2.45, 2.75) is 122 Å². The number of unbranched alkanes of at least 4 members (excludes halogenated alkanes) is 1. The molecule has 0 spiro atoms. The van der Waals surface area contributed by atoms with Crippen LogP contribution < -0.4 is 5.73 Å². The Balaban J connectivity index is 0.000000838. The van der Waals surface area contributed by atoms with E-state index in [-0.39, 0.29) is 31.0 Å². The molecule has 4 rings (SSSR count). The smallest absolute Gasteiger partial charge is 0.475 e. The molecule has 0 amide bonds. The molecular weight excluding hydrogens is 658 g/mol. The van der Waals surface area contributed by atoms with Crippen LogP contribution in [0.1, 0.15) is 86.5 Å². The van der Waals surface area contributed by atoms with Crippen LogP contribution in [-0.2, 0) is 33.4 Å². The lowest BCUT2D eigenvalue weighted by Gasteiger charge is -2.62. The number of carboxylic acids is 1. The van der Waals surface area contributed by atoms with E-state index in [1.54, 1.807) is 40.7 Å². The molecule has 5 N–H and O–H groups in total. The molecule has 0 saturated heterocycles. The Kier molecular flexibility index (Phi) is 11.7. The van der Waals surface area contributed by atoms with Crippen LogP contribution in [0.5, 0.6) is 0 Å². The molecule has 1 unspecified atom stereocenters. The lowest BCUT2D eigenvalue weighted by Crippen LogP contribution is -2.70. The maximum absolute atomic E-state index is 17.6. The number of carbonyl (C=O) groups excluding carboxylic acids is 4. The summed E-state index contributed by atoms with van der Waals surface area (Å²) in [5, 5.41) is 29.8. The molecule has 15 heteroatoms. The van der Waals surface area contributed by atoms with Crippen molar-refractivity contribution in [3.05, 3.63) is 23.8 Å². The Morgan fingerprint density at radius 3 is 2.27 bits per heavy atom. The summed E-state index contributed by atoms with van der Waals surface area (Å²) < 4.78 is 60.5. The number of esters is 2. The number of ketones is 2. The number of rotatable bonds is 9. The van der Waals surface area contributed by atoms with Crippen molar-refractivity contribution in [2.24, 2.45) is 40.2 Å². The lowest BCUT2D eigenvalue weighted by molar-refractivity contribution is -0.236. The molecule has 0 bridgehead atoms. The number of Topliss-reactive ketones (excluding diaryl/α,β-unsaturated/α-hetero) is 1. The summed E-state index contributed by atoms with van der Waals surface area (Å²) in [5.41, 5.74) is -0.180. The predicted molar refractivity (Wildman–Crippen MR) is 165 cm³/mol. The number of allylic oxidation sites excluding steroid dienone is 4. The van der Waals surface area contributed by atoms with Gasteiger partial charge in [-0.15, -0.1) is 0 Å². The number of carbonyl (C=O) groups is 5. The number of aliphatic hydroxyl groups is 2. The fourth-order valence-corrected chi connectivity index (χ4v) is 8.57. The van der Waals surface area contributed by atoms with Crippen LogP contribution >= 0.6 is 0 Å². The van der Waals surface area contributed by atoms with Crippen molar-refractivity contribution < 1.29 is 66.3 Å². The number of carboxylic acid groups (broad SMARTS) is 1. The van der Waals surface area contributed by atoms with Crippen molar-refractivity contribution in [2.75, 3.05) is 0 Å². The first-order valence-corrected chi connectivity index (χ1v) is 16.5. The van der Waals surface area contributed by atoms with E-state index >= 15 is 4.39 Å². The Morgan fingerprint density at radius 1 is 1.14 bits per heavy atom. The second-order valence-corrected chi connectivity index (χ2v) is 14.4. The van der Waals surface area contributed by atoms with Crippen molar-refractivity contribution in [3.63, 3.8) is 0 Å². The van der Waals surface area contributed by atoms with Crippen LogP contribution in [0.25, 0.3) is 0 Å². The van der Waals surface area contributed by atoms with Crippen LogP contribution in [0.3, 0.4) is 0 Å². The second kappa shape index (κ2) is 14.2. The van der Waals surface area contributed by atoms with Gasteiger partial charge < -0.3 is 30.5 Å². The summed E-state index contributed by atoms with van der Waals surface area (Å²) in [6.45, 7) is 10.4. The zero-order valence-corrected chi connectivity index (χ0v) is 28.5. The minimum absolute atomic E-state index is 0.0250. The average Bonchev–Trinajstić information content (AvgIpc) is 3.21. The number of alkyl halides is 4. The molecule has 0 aromatic heterocycles. The third-order valence-corrected chi connectivity index (χ3v) is 11.2. The second-order valence-electron chi connectivity index (χ2n) is 14.4. The topological polar surface area (TPSA) is 191 Å². The van der Waals surface area contributed by atoms with E-state index in [1.165, 1.54) is 12.2 Å². The first-order chi connectivity index (χ1) is 22.4. The molecule has 3 saturated carbocycles. The molecule has 0 radical (unpaired) electrons. The van der Waals surface area contributed by atoms with Crippen molar-refractivity contribution in [3.8, 4) is 0 Å². The van der Waals surface area contributed by atoms with E-state index in [0.29, 0.717) is 31.3 Å². The van der Waals surface area contributed by atoms with E-state index < -0.39 is 88.2 Å². The van der Waals surface area contributed by atoms with Crippen molar-refractivity contribution >= 4 is 29.5 Å². The minimum atomic E-state index is -5.08. The number of halogens is 4. The van der Waals surface area contributed by atoms with E-state index in [2.05, 4.69) is 0 Å². The largest absolute Gasteiger partial charge is 0.490 e. The summed E-state index contributed by atoms with van der Waals surface area (Å²) >= 11 is 0. The fourth-order valence-electron chi connectivity index (χ4n) is 8.57. The molecule has 0 aromatic rings. The number of hydrogen-bond acceptors (Lipinski definition) is 10. The van der Waals surface area contributed by atoms with Gasteiger partial charge in [0.15, 0.2) is 17.1 Å². The van der Waals surface area contributed by atoms with Gasteiger partial charge in [0.05, 0.1) is 6.10 Å². The highest BCUT2D eigenvalue weighted by Crippen LogP contribution is 2.71. The third kappa shape index (κ3) is 6.82. The van der Waals surface area contributed by atoms with Crippen molar-refractivity contribution in [1.29, 1.82) is 0 Å². The van der Waals surface area contributed by atoms with Gasteiger partial charge in [0.25, 0.3) is 6.29 Å². The Morgan fingerprint density at radius 2 is 1.73 bits per heavy atom. The quantitative estimate of drug-likeness (QED) is 0.153. The molecule has 0 aromatic carbocycles. The summed E-state index contributed by atoms with van der Waals surface area (Å²) in [6, 6.07) is -1.09. The highest BCUT2D eigenvalue weighted by molar-refractivity contribution is 6.01. The number of fused-ring (bicyclic) bond motifs is 5. The molecule has 276 valence electrons. The van der Waals surface area contributed by atoms with E-state index in [9.17, 15) is 42.6 Å². The normalized spacial score (nSPS) is 36.2. The highest BCUT2D eigenvalue weighted by atomic mass is 19.4. The van der Waals surface area contributed by atoms with Gasteiger partial charge in [0, 0.05) is 29.1 Å². The monoisotopic (exact) mass is 705 g/mol. The summed E-state index contributed by atoms with van der Waals surface area (Å²) in [6.07, 6.45) is -2.61. The molecule has 4 aliphatic rings. The molecule has 4 aliphatic carbocycles. The van der Waals surface area contributed by atoms with Crippen LogP contribution in [0.15, 0.2) is 23.8 Å². The third-order valence-electron chi connectivity index (χ3n) is 11.2. The van der Waals surface area contributed by atoms with Crippen LogP contribution in [0.4, 0.5) is 17.6 Å². The Bertz CT molecular complexity index is 1400. The number of aliphatic hydroxyl groups excluding tert-OH is 2. The van der Waals surface area contributed by atoms with Gasteiger partial charge >= 0.3 is 24.1 Å². The summed E-state index contributed by atoms with van der Waals surface area (Å²) in [7, 11) is 0. The Labute approximate surface area is 282 Å². The maximum atomic E-state index is 17.6. The fraction of sp³-hybridized carbons (Fsp3) is 0.735. The van der Waals surface area contributed by atoms with E-state index in [4.69, 9.17) is 25.1 Å². The van der Waals surface area contributed by atoms with Crippen LogP contribution in [0, 0.1) is 34.5 Å². The molecular formula is C34H47F4NO10. The summed E-state index contributed by atoms with van der Waals surface area (Å²) in [4.78, 5) is 61.1. The number of ether oxygens (including phenoxy) is 2. The SMILES string of the molecule is CCCCC(=O)O[C@]1(C(=O)C(O)OC(=O)[C@@H](N)C(C)C)[C@@H](C)C[C@H]2[C@@H]3CCC4=CC(=O)C=C[C@]4(C)[C@@]3(F)[C@@H](O)C[C@@]21C.O=C(O)C(F)(F)F. The first kappa shape index (κ1) is 40.3. The number of hydrogen-bond donors (Lipinski definition) is 4. The van der Waals surface area contributed by atoms with E-state index in [0.717, 1.165) is 0 Å². The van der Waals surface area contributed by atoms with Gasteiger partial charge in [-0.1, -0.05) is 52.7 Å². The van der Waals surface area contributed by atoms with Crippen molar-refractivity contribution in [1.82, 2.24) is 0 Å². The highest BCUT2D eigenvalue weighted by Gasteiger charge is 2.78. The van der Waals surface area contributed by atoms with Crippen LogP contribution in [0.2, 0.25) is 0 Å². The molecule has 0 heterocycles. The molecule has 10 atom stereocenters. The Hall–Kier alpha value is -3.17. The van der Waals surface area contributed by atoms with Gasteiger partial charge in [-0.25, -0.2) is 9.18 Å². The molecule has 0 aliphatic heterocycles. The first-order valence-electron chi connectivity index (χ1n) is 16.5. The summed E-state index contributed by atoms with van der Waals surface area (Å²) in [5.74, 6) is -7.92. The maximum Gasteiger partial charge on any atom is 0.490 e. The van der Waals surface area contributed by atoms with Gasteiger partial charge in [-0.3, -0.25) is 19.2 Å². The van der Waals surface area contributed by atoms with Gasteiger partial charge in [0.2, 0.25) is 5.78 Å². The van der Waals surface area contributed by atoms with Gasteiger partial charge in [-0.05, 0) is 63.0 Å². The van der Waals surface area contributed by atoms with Gasteiger partial charge in [0.1, 0.15) is 6.04 Å². The average molecular weight is 706 g/mol. The van der Waals surface area contributed by atoms with Crippen LogP contribution in [-0.4, -0.2) is 80.7 Å². The van der Waals surface area contributed by atoms with E-state index in [1.807, 2.05) is 6.92 Å².